The van der Waals surface area contributed by atoms with Crippen molar-refractivity contribution in [2.75, 3.05) is 6.54 Å². The van der Waals surface area contributed by atoms with E-state index in [4.69, 9.17) is 16.3 Å². The molecule has 0 radical (unpaired) electrons. The summed E-state index contributed by atoms with van der Waals surface area (Å²) in [6, 6.07) is 13.0. The molecule has 1 amide bonds. The van der Waals surface area contributed by atoms with Crippen LogP contribution in [-0.2, 0) is 11.3 Å². The number of nitrogens with one attached hydrogen (secondary N) is 1. The largest absolute Gasteiger partial charge is 0.445 e. The first-order valence-electron chi connectivity index (χ1n) is 6.79. The van der Waals surface area contributed by atoms with Crippen LogP contribution in [-0.4, -0.2) is 17.6 Å². The fourth-order valence-electron chi connectivity index (χ4n) is 1.62. The number of hydrogen-bond acceptors (Lipinski definition) is 3. The second-order valence-electron chi connectivity index (χ2n) is 4.41. The molecule has 0 saturated carbocycles. The standard InChI is InChI=1S/C17H15ClN2O2/c18-16-10-9-14(12-20-16)6-4-5-11-19-17(21)22-13-15-7-2-1-3-8-15/h1-3,7-10,12H,5,11,13H2,(H,19,21). The molecule has 1 aromatic heterocycles. The summed E-state index contributed by atoms with van der Waals surface area (Å²) < 4.78 is 5.08. The summed E-state index contributed by atoms with van der Waals surface area (Å²) in [5, 5.41) is 3.09. The van der Waals surface area contributed by atoms with Gasteiger partial charge in [0.15, 0.2) is 0 Å². The molecule has 22 heavy (non-hydrogen) atoms. The summed E-state index contributed by atoms with van der Waals surface area (Å²) in [7, 11) is 0. The molecular formula is C17H15ClN2O2. The highest BCUT2D eigenvalue weighted by atomic mass is 35.5. The summed E-state index contributed by atoms with van der Waals surface area (Å²) in [5.74, 6) is 5.89. The SMILES string of the molecule is O=C(NCCC#Cc1ccc(Cl)nc1)OCc1ccccc1. The Morgan fingerprint density at radius 1 is 1.23 bits per heavy atom. The molecule has 1 heterocycles. The van der Waals surface area contributed by atoms with E-state index >= 15 is 0 Å². The molecule has 1 aromatic carbocycles. The van der Waals surface area contributed by atoms with Crippen LogP contribution in [0.1, 0.15) is 17.5 Å². The first-order valence-corrected chi connectivity index (χ1v) is 7.17. The Labute approximate surface area is 134 Å². The minimum atomic E-state index is -0.446. The van der Waals surface area contributed by atoms with Crippen LogP contribution in [0.3, 0.4) is 0 Å². The second-order valence-corrected chi connectivity index (χ2v) is 4.80. The third-order valence-corrected chi connectivity index (χ3v) is 2.92. The maximum Gasteiger partial charge on any atom is 0.407 e. The van der Waals surface area contributed by atoms with Gasteiger partial charge in [0.2, 0.25) is 0 Å². The van der Waals surface area contributed by atoms with Crippen LogP contribution in [0.2, 0.25) is 5.15 Å². The predicted molar refractivity (Wildman–Crippen MR) is 85.4 cm³/mol. The van der Waals surface area contributed by atoms with Crippen molar-refractivity contribution in [1.29, 1.82) is 0 Å². The number of amides is 1. The molecular weight excluding hydrogens is 300 g/mol. The minimum absolute atomic E-state index is 0.259. The molecule has 0 aliphatic heterocycles. The second kappa shape index (κ2) is 8.71. The van der Waals surface area contributed by atoms with Crippen molar-refractivity contribution >= 4 is 17.7 Å². The van der Waals surface area contributed by atoms with Crippen LogP contribution < -0.4 is 5.32 Å². The van der Waals surface area contributed by atoms with Crippen LogP contribution in [0.4, 0.5) is 4.79 Å². The number of hydrogen-bond donors (Lipinski definition) is 1. The average Bonchev–Trinajstić information content (AvgIpc) is 2.55. The fraction of sp³-hybridized carbons (Fsp3) is 0.176. The zero-order valence-corrected chi connectivity index (χ0v) is 12.6. The van der Waals surface area contributed by atoms with Crippen LogP contribution in [0.15, 0.2) is 48.7 Å². The number of ether oxygens (including phenoxy) is 1. The highest BCUT2D eigenvalue weighted by Crippen LogP contribution is 2.03. The molecule has 4 nitrogen and oxygen atoms in total. The highest BCUT2D eigenvalue weighted by molar-refractivity contribution is 6.29. The average molecular weight is 315 g/mol. The van der Waals surface area contributed by atoms with Crippen molar-refractivity contribution in [3.63, 3.8) is 0 Å². The normalized spacial score (nSPS) is 9.50. The highest BCUT2D eigenvalue weighted by Gasteiger charge is 2.00. The van der Waals surface area contributed by atoms with Crippen LogP contribution in [0, 0.1) is 11.8 Å². The van der Waals surface area contributed by atoms with Gasteiger partial charge in [-0.2, -0.15) is 0 Å². The number of carbonyl (C=O) groups is 1. The minimum Gasteiger partial charge on any atom is -0.445 e. The van der Waals surface area contributed by atoms with E-state index in [9.17, 15) is 4.79 Å². The molecule has 0 spiro atoms. The molecule has 0 bridgehead atoms. The van der Waals surface area contributed by atoms with Gasteiger partial charge in [0, 0.05) is 24.7 Å². The van der Waals surface area contributed by atoms with E-state index in [1.807, 2.05) is 30.3 Å². The number of alkyl carbamates (subject to hydrolysis) is 1. The van der Waals surface area contributed by atoms with E-state index in [1.54, 1.807) is 18.3 Å². The Morgan fingerprint density at radius 2 is 2.05 bits per heavy atom. The first kappa shape index (κ1) is 15.9. The zero-order chi connectivity index (χ0) is 15.6. The smallest absolute Gasteiger partial charge is 0.407 e. The summed E-state index contributed by atoms with van der Waals surface area (Å²) in [4.78, 5) is 15.4. The Bertz CT molecular complexity index is 661. The van der Waals surface area contributed by atoms with Gasteiger partial charge < -0.3 is 10.1 Å². The topological polar surface area (TPSA) is 51.2 Å². The maximum absolute atomic E-state index is 11.5. The lowest BCUT2D eigenvalue weighted by atomic mass is 10.2. The van der Waals surface area contributed by atoms with Crippen molar-refractivity contribution < 1.29 is 9.53 Å². The Balaban J connectivity index is 1.64. The van der Waals surface area contributed by atoms with Gasteiger partial charge in [-0.3, -0.25) is 0 Å². The van der Waals surface area contributed by atoms with Gasteiger partial charge in [-0.1, -0.05) is 53.8 Å². The number of pyridine rings is 1. The number of nitrogens with zero attached hydrogens (tertiary/aromatic N) is 1. The van der Waals surface area contributed by atoms with E-state index in [0.29, 0.717) is 18.1 Å². The maximum atomic E-state index is 11.5. The monoisotopic (exact) mass is 314 g/mol. The molecule has 0 fully saturated rings. The zero-order valence-electron chi connectivity index (χ0n) is 11.9. The lowest BCUT2D eigenvalue weighted by Crippen LogP contribution is -2.24. The lowest BCUT2D eigenvalue weighted by Gasteiger charge is -2.05. The van der Waals surface area contributed by atoms with E-state index in [-0.39, 0.29) is 6.61 Å². The van der Waals surface area contributed by atoms with Crippen LogP contribution in [0.5, 0.6) is 0 Å². The van der Waals surface area contributed by atoms with Crippen molar-refractivity contribution in [1.82, 2.24) is 10.3 Å². The van der Waals surface area contributed by atoms with Crippen molar-refractivity contribution in [3.8, 4) is 11.8 Å². The van der Waals surface area contributed by atoms with Crippen LogP contribution >= 0.6 is 11.6 Å². The Hall–Kier alpha value is -2.51. The first-order chi connectivity index (χ1) is 10.7. The number of aromatic nitrogens is 1. The number of halogens is 1. The fourth-order valence-corrected chi connectivity index (χ4v) is 1.73. The van der Waals surface area contributed by atoms with E-state index < -0.39 is 6.09 Å². The summed E-state index contributed by atoms with van der Waals surface area (Å²) >= 11 is 5.68. The van der Waals surface area contributed by atoms with Crippen molar-refractivity contribution in [3.05, 3.63) is 64.9 Å². The van der Waals surface area contributed by atoms with Crippen LogP contribution in [0.25, 0.3) is 0 Å². The van der Waals surface area contributed by atoms with Crippen molar-refractivity contribution in [2.45, 2.75) is 13.0 Å². The molecule has 0 atom stereocenters. The van der Waals surface area contributed by atoms with Gasteiger partial charge in [0.05, 0.1) is 0 Å². The van der Waals surface area contributed by atoms with E-state index in [2.05, 4.69) is 22.1 Å². The van der Waals surface area contributed by atoms with Crippen molar-refractivity contribution in [2.24, 2.45) is 0 Å². The van der Waals surface area contributed by atoms with E-state index in [1.165, 1.54) is 0 Å². The Morgan fingerprint density at radius 3 is 2.77 bits per heavy atom. The molecule has 112 valence electrons. The molecule has 2 aromatic rings. The van der Waals surface area contributed by atoms with Gasteiger partial charge in [0.25, 0.3) is 0 Å². The number of carbonyl (C=O) groups excluding carboxylic acids is 1. The van der Waals surface area contributed by atoms with Gasteiger partial charge >= 0.3 is 6.09 Å². The van der Waals surface area contributed by atoms with Gasteiger partial charge in [0.1, 0.15) is 11.8 Å². The lowest BCUT2D eigenvalue weighted by molar-refractivity contribution is 0.140. The summed E-state index contributed by atoms with van der Waals surface area (Å²) in [6.07, 6.45) is 1.69. The molecule has 0 aliphatic rings. The summed E-state index contributed by atoms with van der Waals surface area (Å²) in [5.41, 5.74) is 1.74. The third kappa shape index (κ3) is 5.86. The summed E-state index contributed by atoms with van der Waals surface area (Å²) in [6.45, 7) is 0.691. The van der Waals surface area contributed by atoms with E-state index in [0.717, 1.165) is 11.1 Å². The molecule has 0 aliphatic carbocycles. The van der Waals surface area contributed by atoms with Gasteiger partial charge in [-0.15, -0.1) is 0 Å². The molecule has 2 rings (SSSR count). The molecule has 0 unspecified atom stereocenters. The van der Waals surface area contributed by atoms with Gasteiger partial charge in [-0.05, 0) is 17.7 Å². The Kier molecular flexibility index (Phi) is 6.28. The predicted octanol–water partition coefficient (Wildman–Crippen LogP) is 3.40. The molecule has 5 heteroatoms. The molecule has 0 saturated heterocycles. The number of rotatable bonds is 4. The quantitative estimate of drug-likeness (QED) is 0.534. The van der Waals surface area contributed by atoms with Gasteiger partial charge in [-0.25, -0.2) is 9.78 Å². The molecule has 1 N–H and O–H groups in total. The number of benzene rings is 1. The third-order valence-electron chi connectivity index (χ3n) is 2.69.